The van der Waals surface area contributed by atoms with Crippen molar-refractivity contribution in [3.8, 4) is 0 Å². The van der Waals surface area contributed by atoms with Crippen LogP contribution in [0.25, 0.3) is 0 Å². The molecule has 0 aliphatic carbocycles. The normalized spacial score (nSPS) is 14.3. The van der Waals surface area contributed by atoms with Crippen LogP contribution in [0.4, 0.5) is 18.9 Å². The molecular formula is C21H22ClF3N2O. The molecular weight excluding hydrogens is 389 g/mol. The molecule has 0 unspecified atom stereocenters. The van der Waals surface area contributed by atoms with Crippen LogP contribution in [0.3, 0.4) is 0 Å². The summed E-state index contributed by atoms with van der Waals surface area (Å²) >= 11 is 6.40. The second-order valence-corrected chi connectivity index (χ2v) is 7.31. The second kappa shape index (κ2) is 8.97. The first kappa shape index (κ1) is 20.7. The van der Waals surface area contributed by atoms with Crippen molar-refractivity contribution in [3.63, 3.8) is 0 Å². The van der Waals surface area contributed by atoms with E-state index in [9.17, 15) is 18.0 Å². The zero-order valence-corrected chi connectivity index (χ0v) is 16.1. The van der Waals surface area contributed by atoms with Crippen molar-refractivity contribution in [1.82, 2.24) is 5.32 Å². The maximum absolute atomic E-state index is 12.3. The molecule has 0 amide bonds. The number of rotatable bonds is 6. The Morgan fingerprint density at radius 2 is 1.79 bits per heavy atom. The number of fused-ring (bicyclic) bond motifs is 1. The molecule has 28 heavy (non-hydrogen) atoms. The predicted octanol–water partition coefficient (Wildman–Crippen LogP) is 5.17. The van der Waals surface area contributed by atoms with Crippen LogP contribution in [0, 0.1) is 0 Å². The van der Waals surface area contributed by atoms with Gasteiger partial charge in [-0.05, 0) is 48.7 Å². The Hall–Kier alpha value is -2.05. The fourth-order valence-corrected chi connectivity index (χ4v) is 3.58. The highest BCUT2D eigenvalue weighted by molar-refractivity contribution is 6.33. The summed E-state index contributed by atoms with van der Waals surface area (Å²) in [5.74, 6) is -0.499. The zero-order chi connectivity index (χ0) is 20.1. The number of hydrogen-bond acceptors (Lipinski definition) is 3. The van der Waals surface area contributed by atoms with Crippen molar-refractivity contribution in [1.29, 1.82) is 0 Å². The van der Waals surface area contributed by atoms with Crippen LogP contribution in [0.15, 0.2) is 36.4 Å². The smallest absolute Gasteiger partial charge is 0.380 e. The molecule has 1 aliphatic heterocycles. The van der Waals surface area contributed by atoms with E-state index >= 15 is 0 Å². The Labute approximate surface area is 167 Å². The molecule has 1 aliphatic rings. The van der Waals surface area contributed by atoms with E-state index in [0.717, 1.165) is 37.2 Å². The number of hydrogen-bond donors (Lipinski definition) is 2. The zero-order valence-electron chi connectivity index (χ0n) is 15.3. The van der Waals surface area contributed by atoms with Crippen LogP contribution in [0.2, 0.25) is 5.02 Å². The largest absolute Gasteiger partial charge is 0.389 e. The molecule has 0 bridgehead atoms. The molecule has 1 heterocycles. The lowest BCUT2D eigenvalue weighted by Crippen LogP contribution is -2.16. The summed E-state index contributed by atoms with van der Waals surface area (Å²) in [7, 11) is 0. The number of carbonyl (C=O) groups is 1. The Bertz CT molecular complexity index is 835. The van der Waals surface area contributed by atoms with Crippen LogP contribution in [-0.4, -0.2) is 25.0 Å². The highest BCUT2D eigenvalue weighted by Crippen LogP contribution is 2.31. The molecule has 0 radical (unpaired) electrons. The van der Waals surface area contributed by atoms with Gasteiger partial charge in [0.2, 0.25) is 0 Å². The van der Waals surface area contributed by atoms with E-state index in [1.165, 1.54) is 11.1 Å². The lowest BCUT2D eigenvalue weighted by atomic mass is 10.0. The van der Waals surface area contributed by atoms with Gasteiger partial charge in [-0.3, -0.25) is 4.79 Å². The highest BCUT2D eigenvalue weighted by atomic mass is 35.5. The lowest BCUT2D eigenvalue weighted by Gasteiger charge is -2.16. The van der Waals surface area contributed by atoms with Gasteiger partial charge >= 0.3 is 6.18 Å². The summed E-state index contributed by atoms with van der Waals surface area (Å²) in [4.78, 5) is 11.9. The number of anilines is 1. The van der Waals surface area contributed by atoms with Gasteiger partial charge in [-0.25, -0.2) is 0 Å². The Morgan fingerprint density at radius 1 is 1.07 bits per heavy atom. The molecule has 3 nitrogen and oxygen atoms in total. The maximum atomic E-state index is 12.3. The Balaban J connectivity index is 1.65. The van der Waals surface area contributed by atoms with E-state index < -0.39 is 24.8 Å². The van der Waals surface area contributed by atoms with Gasteiger partial charge < -0.3 is 10.6 Å². The number of alkyl halides is 3. The summed E-state index contributed by atoms with van der Waals surface area (Å²) in [5.41, 5.74) is 4.64. The van der Waals surface area contributed by atoms with Gasteiger partial charge in [0.05, 0.1) is 17.1 Å². The summed E-state index contributed by atoms with van der Waals surface area (Å²) < 4.78 is 36.8. The summed E-state index contributed by atoms with van der Waals surface area (Å²) in [6.07, 6.45) is -4.09. The van der Waals surface area contributed by atoms with E-state index in [2.05, 4.69) is 16.7 Å². The van der Waals surface area contributed by atoms with Gasteiger partial charge in [0.15, 0.2) is 5.78 Å². The molecule has 0 aromatic heterocycles. The average molecular weight is 411 g/mol. The molecule has 0 atom stereocenters. The second-order valence-electron chi connectivity index (χ2n) is 6.90. The van der Waals surface area contributed by atoms with Crippen LogP contribution in [-0.2, 0) is 19.4 Å². The molecule has 0 fully saturated rings. The number of benzene rings is 2. The van der Waals surface area contributed by atoms with Crippen molar-refractivity contribution in [3.05, 3.63) is 63.7 Å². The van der Waals surface area contributed by atoms with Crippen LogP contribution >= 0.6 is 11.6 Å². The SMILES string of the molecule is O=C(CCC(F)(F)F)c1ccc(CNc2c(Cl)ccc3c2CCNCC3)cc1. The standard InChI is InChI=1S/C21H22ClF3N2O/c22-18-6-5-15-8-11-26-12-9-17(15)20(18)27-13-14-1-3-16(4-2-14)19(28)7-10-21(23,24)25/h1-6,26-27H,7-13H2. The number of carbonyl (C=O) groups excluding carboxylic acids is 1. The highest BCUT2D eigenvalue weighted by Gasteiger charge is 2.28. The summed E-state index contributed by atoms with van der Waals surface area (Å²) in [5, 5.41) is 7.43. The third-order valence-electron chi connectivity index (χ3n) is 4.86. The van der Waals surface area contributed by atoms with Crippen LogP contribution in [0.5, 0.6) is 0 Å². The number of Topliss-reactive ketones (excluding diaryl/α,β-unsaturated/α-hetero) is 1. The third kappa shape index (κ3) is 5.49. The number of halogens is 4. The van der Waals surface area contributed by atoms with Crippen molar-refractivity contribution in [2.45, 2.75) is 38.4 Å². The van der Waals surface area contributed by atoms with E-state index in [-0.39, 0.29) is 0 Å². The minimum absolute atomic E-state index is 0.297. The first-order valence-electron chi connectivity index (χ1n) is 9.27. The van der Waals surface area contributed by atoms with Gasteiger partial charge in [0, 0.05) is 18.5 Å². The molecule has 0 saturated carbocycles. The quantitative estimate of drug-likeness (QED) is 0.646. The predicted molar refractivity (Wildman–Crippen MR) is 105 cm³/mol. The minimum atomic E-state index is -4.32. The van der Waals surface area contributed by atoms with Crippen molar-refractivity contribution in [2.24, 2.45) is 0 Å². The fourth-order valence-electron chi connectivity index (χ4n) is 3.33. The molecule has 3 rings (SSSR count). The lowest BCUT2D eigenvalue weighted by molar-refractivity contribution is -0.133. The minimum Gasteiger partial charge on any atom is -0.380 e. The van der Waals surface area contributed by atoms with Crippen molar-refractivity contribution < 1.29 is 18.0 Å². The third-order valence-corrected chi connectivity index (χ3v) is 5.18. The number of ketones is 1. The van der Waals surface area contributed by atoms with E-state index in [1.807, 2.05) is 6.07 Å². The Kier molecular flexibility index (Phi) is 6.62. The topological polar surface area (TPSA) is 41.1 Å². The van der Waals surface area contributed by atoms with E-state index in [1.54, 1.807) is 24.3 Å². The van der Waals surface area contributed by atoms with Gasteiger partial charge in [-0.1, -0.05) is 41.9 Å². The molecule has 2 aromatic carbocycles. The Morgan fingerprint density at radius 3 is 2.50 bits per heavy atom. The maximum Gasteiger partial charge on any atom is 0.389 e. The van der Waals surface area contributed by atoms with Crippen molar-refractivity contribution in [2.75, 3.05) is 18.4 Å². The monoisotopic (exact) mass is 410 g/mol. The van der Waals surface area contributed by atoms with Gasteiger partial charge in [0.1, 0.15) is 0 Å². The fraction of sp³-hybridized carbons (Fsp3) is 0.381. The summed E-state index contributed by atoms with van der Waals surface area (Å²) in [6, 6.07) is 10.6. The first-order chi connectivity index (χ1) is 13.3. The van der Waals surface area contributed by atoms with Crippen LogP contribution in [0.1, 0.15) is 39.9 Å². The van der Waals surface area contributed by atoms with Gasteiger partial charge in [0.25, 0.3) is 0 Å². The number of nitrogens with one attached hydrogen (secondary N) is 2. The summed E-state index contributed by atoms with van der Waals surface area (Å²) in [6.45, 7) is 2.36. The van der Waals surface area contributed by atoms with E-state index in [0.29, 0.717) is 17.1 Å². The molecule has 2 N–H and O–H groups in total. The van der Waals surface area contributed by atoms with Crippen molar-refractivity contribution >= 4 is 23.1 Å². The average Bonchev–Trinajstić information content (AvgIpc) is 2.91. The first-order valence-corrected chi connectivity index (χ1v) is 9.65. The molecule has 0 spiro atoms. The van der Waals surface area contributed by atoms with E-state index in [4.69, 9.17) is 11.6 Å². The van der Waals surface area contributed by atoms with Gasteiger partial charge in [-0.15, -0.1) is 0 Å². The molecule has 150 valence electrons. The van der Waals surface area contributed by atoms with Crippen LogP contribution < -0.4 is 10.6 Å². The molecule has 0 saturated heterocycles. The molecule has 7 heteroatoms. The molecule has 2 aromatic rings. The van der Waals surface area contributed by atoms with Gasteiger partial charge in [-0.2, -0.15) is 13.2 Å².